The van der Waals surface area contributed by atoms with Gasteiger partial charge in [0.25, 0.3) is 0 Å². The minimum Gasteiger partial charge on any atom is -0.392 e. The molecule has 0 radical (unpaired) electrons. The number of aliphatic hydroxyl groups is 2. The van der Waals surface area contributed by atoms with Gasteiger partial charge in [0.1, 0.15) is 0 Å². The van der Waals surface area contributed by atoms with Gasteiger partial charge < -0.3 is 15.5 Å². The third-order valence-electron chi connectivity index (χ3n) is 3.24. The molecular formula is C13H19NO2. The largest absolute Gasteiger partial charge is 0.392 e. The molecule has 0 heterocycles. The summed E-state index contributed by atoms with van der Waals surface area (Å²) in [5.74, 6) is 0. The monoisotopic (exact) mass is 221 g/mol. The lowest BCUT2D eigenvalue weighted by Gasteiger charge is -2.19. The van der Waals surface area contributed by atoms with Gasteiger partial charge in [0.2, 0.25) is 0 Å². The van der Waals surface area contributed by atoms with Crippen LogP contribution in [0.25, 0.3) is 0 Å². The molecule has 0 spiro atoms. The van der Waals surface area contributed by atoms with E-state index in [1.54, 1.807) is 0 Å². The molecule has 0 aliphatic heterocycles. The summed E-state index contributed by atoms with van der Waals surface area (Å²) in [7, 11) is 0. The molecule has 3 unspecified atom stereocenters. The molecule has 3 heteroatoms. The first-order valence-corrected chi connectivity index (χ1v) is 5.92. The quantitative estimate of drug-likeness (QED) is 0.716. The van der Waals surface area contributed by atoms with Crippen molar-refractivity contribution in [3.63, 3.8) is 0 Å². The van der Waals surface area contributed by atoms with Crippen LogP contribution < -0.4 is 5.32 Å². The molecule has 1 saturated carbocycles. The van der Waals surface area contributed by atoms with Gasteiger partial charge in [-0.15, -0.1) is 0 Å². The Hall–Kier alpha value is -0.900. The Balaban J connectivity index is 1.82. The van der Waals surface area contributed by atoms with E-state index in [1.165, 1.54) is 0 Å². The van der Waals surface area contributed by atoms with Gasteiger partial charge in [0.15, 0.2) is 0 Å². The van der Waals surface area contributed by atoms with E-state index in [-0.39, 0.29) is 12.1 Å². The average molecular weight is 221 g/mol. The van der Waals surface area contributed by atoms with E-state index in [9.17, 15) is 10.2 Å². The van der Waals surface area contributed by atoms with Crippen LogP contribution in [0.2, 0.25) is 0 Å². The van der Waals surface area contributed by atoms with Crippen LogP contribution in [0.4, 0.5) is 0 Å². The van der Waals surface area contributed by atoms with Crippen LogP contribution in [0, 0.1) is 0 Å². The summed E-state index contributed by atoms with van der Waals surface area (Å²) in [6.07, 6.45) is 2.21. The van der Waals surface area contributed by atoms with Gasteiger partial charge in [0, 0.05) is 12.6 Å². The zero-order valence-corrected chi connectivity index (χ0v) is 9.34. The number of hydrogen-bond donors (Lipinski definition) is 3. The molecule has 2 rings (SSSR count). The van der Waals surface area contributed by atoms with E-state index < -0.39 is 6.10 Å². The molecular weight excluding hydrogens is 202 g/mol. The zero-order valence-electron chi connectivity index (χ0n) is 9.34. The normalized spacial score (nSPS) is 26.9. The lowest BCUT2D eigenvalue weighted by atomic mass is 10.1. The predicted octanol–water partition coefficient (Wildman–Crippen LogP) is 1.22. The van der Waals surface area contributed by atoms with Crippen molar-refractivity contribution in [1.82, 2.24) is 5.32 Å². The molecule has 0 bridgehead atoms. The molecule has 1 aliphatic carbocycles. The molecule has 1 aromatic carbocycles. The fourth-order valence-electron chi connectivity index (χ4n) is 2.23. The second kappa shape index (κ2) is 5.43. The maximum Gasteiger partial charge on any atom is 0.0914 e. The lowest BCUT2D eigenvalue weighted by molar-refractivity contribution is 0.127. The van der Waals surface area contributed by atoms with Crippen molar-refractivity contribution in [3.8, 4) is 0 Å². The summed E-state index contributed by atoms with van der Waals surface area (Å²) in [4.78, 5) is 0. The highest BCUT2D eigenvalue weighted by atomic mass is 16.3. The van der Waals surface area contributed by atoms with E-state index in [2.05, 4.69) is 5.32 Å². The molecule has 0 amide bonds. The molecule has 1 fully saturated rings. The second-order valence-corrected chi connectivity index (χ2v) is 4.44. The van der Waals surface area contributed by atoms with Crippen molar-refractivity contribution >= 4 is 0 Å². The number of hydrogen-bond acceptors (Lipinski definition) is 3. The second-order valence-electron chi connectivity index (χ2n) is 4.44. The van der Waals surface area contributed by atoms with Gasteiger partial charge in [-0.05, 0) is 24.8 Å². The molecule has 1 aromatic rings. The summed E-state index contributed by atoms with van der Waals surface area (Å²) in [5, 5.41) is 22.8. The van der Waals surface area contributed by atoms with Gasteiger partial charge in [-0.25, -0.2) is 0 Å². The maximum atomic E-state index is 9.92. The first-order chi connectivity index (χ1) is 7.77. The highest BCUT2D eigenvalue weighted by Crippen LogP contribution is 2.19. The molecule has 0 saturated heterocycles. The summed E-state index contributed by atoms with van der Waals surface area (Å²) < 4.78 is 0. The Kier molecular flexibility index (Phi) is 3.93. The molecule has 16 heavy (non-hydrogen) atoms. The van der Waals surface area contributed by atoms with Gasteiger partial charge in [-0.1, -0.05) is 30.3 Å². The Morgan fingerprint density at radius 2 is 2.00 bits per heavy atom. The average Bonchev–Trinajstić information content (AvgIpc) is 2.73. The minimum atomic E-state index is -0.492. The lowest BCUT2D eigenvalue weighted by Crippen LogP contribution is -2.38. The Labute approximate surface area is 96.1 Å². The summed E-state index contributed by atoms with van der Waals surface area (Å²) in [6.45, 7) is 0.506. The maximum absolute atomic E-state index is 9.92. The van der Waals surface area contributed by atoms with E-state index in [0.29, 0.717) is 6.54 Å². The van der Waals surface area contributed by atoms with Crippen LogP contribution in [0.3, 0.4) is 0 Å². The molecule has 0 aromatic heterocycles. The van der Waals surface area contributed by atoms with Crippen LogP contribution in [0.5, 0.6) is 0 Å². The van der Waals surface area contributed by atoms with Crippen LogP contribution >= 0.6 is 0 Å². The van der Waals surface area contributed by atoms with E-state index in [4.69, 9.17) is 0 Å². The number of nitrogens with one attached hydrogen (secondary N) is 1. The molecule has 3 N–H and O–H groups in total. The fourth-order valence-corrected chi connectivity index (χ4v) is 2.23. The Bertz CT molecular complexity index is 315. The standard InChI is InChI=1S/C13H19NO2/c15-12-8-4-7-11(12)14-9-13(16)10-5-2-1-3-6-10/h1-3,5-6,11-16H,4,7-9H2. The van der Waals surface area contributed by atoms with Gasteiger partial charge in [0.05, 0.1) is 12.2 Å². The first kappa shape index (κ1) is 11.6. The third-order valence-corrected chi connectivity index (χ3v) is 3.24. The van der Waals surface area contributed by atoms with Crippen LogP contribution in [0.1, 0.15) is 30.9 Å². The summed E-state index contributed by atoms with van der Waals surface area (Å²) in [6, 6.07) is 9.75. The van der Waals surface area contributed by atoms with Crippen molar-refractivity contribution in [2.75, 3.05) is 6.54 Å². The first-order valence-electron chi connectivity index (χ1n) is 5.92. The third kappa shape index (κ3) is 2.82. The Morgan fingerprint density at radius 1 is 1.25 bits per heavy atom. The van der Waals surface area contributed by atoms with Gasteiger partial charge in [-0.3, -0.25) is 0 Å². The molecule has 1 aliphatic rings. The van der Waals surface area contributed by atoms with Crippen molar-refractivity contribution in [2.45, 2.75) is 37.5 Å². The van der Waals surface area contributed by atoms with Crippen molar-refractivity contribution in [3.05, 3.63) is 35.9 Å². The van der Waals surface area contributed by atoms with E-state index in [0.717, 1.165) is 24.8 Å². The zero-order chi connectivity index (χ0) is 11.4. The SMILES string of the molecule is OC(CNC1CCCC1O)c1ccccc1. The number of rotatable bonds is 4. The minimum absolute atomic E-state index is 0.151. The van der Waals surface area contributed by atoms with Gasteiger partial charge in [-0.2, -0.15) is 0 Å². The van der Waals surface area contributed by atoms with Crippen LogP contribution in [-0.4, -0.2) is 28.9 Å². The van der Waals surface area contributed by atoms with Crippen molar-refractivity contribution in [1.29, 1.82) is 0 Å². The molecule has 3 atom stereocenters. The highest BCUT2D eigenvalue weighted by molar-refractivity contribution is 5.17. The van der Waals surface area contributed by atoms with E-state index in [1.807, 2.05) is 30.3 Å². The number of aliphatic hydroxyl groups excluding tert-OH is 2. The molecule has 3 nitrogen and oxygen atoms in total. The smallest absolute Gasteiger partial charge is 0.0914 e. The number of benzene rings is 1. The Morgan fingerprint density at radius 3 is 2.62 bits per heavy atom. The fraction of sp³-hybridized carbons (Fsp3) is 0.538. The van der Waals surface area contributed by atoms with Crippen molar-refractivity contribution in [2.24, 2.45) is 0 Å². The summed E-state index contributed by atoms with van der Waals surface area (Å²) in [5.41, 5.74) is 0.919. The molecule has 88 valence electrons. The van der Waals surface area contributed by atoms with Crippen LogP contribution in [0.15, 0.2) is 30.3 Å². The summed E-state index contributed by atoms with van der Waals surface area (Å²) >= 11 is 0. The van der Waals surface area contributed by atoms with Crippen LogP contribution in [-0.2, 0) is 0 Å². The van der Waals surface area contributed by atoms with E-state index >= 15 is 0 Å². The topological polar surface area (TPSA) is 52.5 Å². The van der Waals surface area contributed by atoms with Crippen molar-refractivity contribution < 1.29 is 10.2 Å². The predicted molar refractivity (Wildman–Crippen MR) is 63.1 cm³/mol. The van der Waals surface area contributed by atoms with Gasteiger partial charge >= 0.3 is 0 Å². The highest BCUT2D eigenvalue weighted by Gasteiger charge is 2.25.